The van der Waals surface area contributed by atoms with E-state index in [9.17, 15) is 29.0 Å². The Labute approximate surface area is 857 Å². The van der Waals surface area contributed by atoms with Crippen LogP contribution in [0.4, 0.5) is 52.7 Å². The van der Waals surface area contributed by atoms with Gasteiger partial charge in [-0.2, -0.15) is 31.1 Å². The maximum atomic E-state index is 17.1. The Bertz CT molecular complexity index is 6520. The lowest BCUT2D eigenvalue weighted by Crippen LogP contribution is -2.47. The van der Waals surface area contributed by atoms with Crippen molar-refractivity contribution in [3.63, 3.8) is 0 Å². The molecule has 0 N–H and O–H groups in total. The molecular weight excluding hydrogens is 2040 g/mol. The van der Waals surface area contributed by atoms with Crippen molar-refractivity contribution in [2.75, 3.05) is 39.6 Å². The first-order valence-corrected chi connectivity index (χ1v) is 49.8. The summed E-state index contributed by atoms with van der Waals surface area (Å²) in [7, 11) is -5.74. The number of halogens is 12. The quantitative estimate of drug-likeness (QED) is 0.0113. The van der Waals surface area contributed by atoms with Gasteiger partial charge in [0.25, 0.3) is 0 Å². The second-order valence-electron chi connectivity index (χ2n) is 33.7. The number of allylic oxidation sites excluding steroid dienone is 6. The van der Waals surface area contributed by atoms with E-state index in [0.717, 1.165) is 145 Å². The van der Waals surface area contributed by atoms with Crippen LogP contribution in [0.15, 0.2) is 256 Å². The number of nitrogens with zero attached hydrogens (tertiary/aromatic N) is 12. The normalized spacial score (nSPS) is 18.9. The van der Waals surface area contributed by atoms with Crippen LogP contribution in [0.3, 0.4) is 0 Å². The third-order valence-electron chi connectivity index (χ3n) is 23.8. The molecular formula is C105H87F12N12O16PS3. The van der Waals surface area contributed by atoms with Crippen LogP contribution in [0, 0.1) is 104 Å². The lowest BCUT2D eigenvalue weighted by Gasteiger charge is -2.40. The van der Waals surface area contributed by atoms with Crippen molar-refractivity contribution in [1.82, 2.24) is 44.3 Å². The number of esters is 3. The zero-order valence-electron chi connectivity index (χ0n) is 78.8. The van der Waals surface area contributed by atoms with Crippen molar-refractivity contribution < 1.29 is 128 Å². The van der Waals surface area contributed by atoms with Crippen molar-refractivity contribution in [2.45, 2.75) is 127 Å². The first-order chi connectivity index (χ1) is 71.8. The topological polar surface area (TPSA) is 343 Å². The Balaban J connectivity index is 0.749. The van der Waals surface area contributed by atoms with Crippen LogP contribution in [0.2, 0.25) is 0 Å². The zero-order chi connectivity index (χ0) is 106. The van der Waals surface area contributed by atoms with Crippen molar-refractivity contribution in [2.24, 2.45) is 0 Å². The molecule has 9 aromatic carbocycles. The number of hydrogen-bond donors (Lipinski definition) is 0. The van der Waals surface area contributed by atoms with E-state index >= 15 is 58.5 Å². The summed E-state index contributed by atoms with van der Waals surface area (Å²) in [5.41, 5.74) is -11.0. The van der Waals surface area contributed by atoms with Crippen LogP contribution in [0.5, 0.6) is 0 Å². The third kappa shape index (κ3) is 27.9. The number of nitriles is 3. The molecule has 3 aromatic heterocycles. The molecule has 6 atom stereocenters. The van der Waals surface area contributed by atoms with E-state index in [1.165, 1.54) is 163 Å². The summed E-state index contributed by atoms with van der Waals surface area (Å²) in [5, 5.41) is 34.8. The van der Waals surface area contributed by atoms with Gasteiger partial charge >= 0.3 is 25.7 Å². The van der Waals surface area contributed by atoms with Crippen LogP contribution < -0.4 is 0 Å². The molecule has 44 heteroatoms. The summed E-state index contributed by atoms with van der Waals surface area (Å²) in [6.45, 7) is -1.23. The molecule has 0 saturated carbocycles. The van der Waals surface area contributed by atoms with E-state index < -0.39 is 252 Å². The van der Waals surface area contributed by atoms with E-state index in [2.05, 4.69) is 30.2 Å². The van der Waals surface area contributed by atoms with Crippen molar-refractivity contribution in [1.29, 1.82) is 15.8 Å². The Morgan fingerprint density at radius 2 is 0.638 bits per heavy atom. The average Bonchev–Trinajstić information content (AvgIpc) is 1.50. The van der Waals surface area contributed by atoms with Crippen molar-refractivity contribution >= 4 is 79.2 Å². The minimum atomic E-state index is -5.74. The fourth-order valence-corrected chi connectivity index (χ4v) is 21.4. The highest BCUT2D eigenvalue weighted by molar-refractivity contribution is 8.01. The molecule has 0 aliphatic carbocycles. The number of carbonyl (C=O) groups is 3. The van der Waals surface area contributed by atoms with E-state index in [1.54, 1.807) is 0 Å². The Morgan fingerprint density at radius 1 is 0.376 bits per heavy atom. The second-order valence-corrected chi connectivity index (χ2v) is 40.3. The lowest BCUT2D eigenvalue weighted by molar-refractivity contribution is -0.146. The molecule has 0 radical (unpaired) electrons. The van der Waals surface area contributed by atoms with Gasteiger partial charge < -0.3 is 42.6 Å². The van der Waals surface area contributed by atoms with Gasteiger partial charge in [0, 0.05) is 67.3 Å². The van der Waals surface area contributed by atoms with Crippen molar-refractivity contribution in [3.05, 3.63) is 410 Å². The van der Waals surface area contributed by atoms with Gasteiger partial charge in [0.05, 0.1) is 146 Å². The molecule has 3 saturated heterocycles. The van der Waals surface area contributed by atoms with Gasteiger partial charge in [-0.1, -0.05) is 91.1 Å². The maximum Gasteiger partial charge on any atom is 0.475 e. The van der Waals surface area contributed by atoms with Crippen LogP contribution in [-0.2, 0) is 117 Å². The molecule has 0 bridgehead atoms. The summed E-state index contributed by atoms with van der Waals surface area (Å²) in [6.07, 6.45) is 22.1. The van der Waals surface area contributed by atoms with Gasteiger partial charge in [0.1, 0.15) is 108 Å². The van der Waals surface area contributed by atoms with Gasteiger partial charge in [-0.05, 0) is 165 Å². The number of hydrogen-bond acceptors (Lipinski definition) is 28. The number of benzene rings is 9. The van der Waals surface area contributed by atoms with Crippen LogP contribution in [0.1, 0.15) is 119 Å². The zero-order valence-corrected chi connectivity index (χ0v) is 82.1. The molecule has 12 aromatic rings. The summed E-state index contributed by atoms with van der Waals surface area (Å²) in [4.78, 5) is 59.3. The second kappa shape index (κ2) is 50.2. The smallest absolute Gasteiger partial charge is 0.447 e. The Kier molecular flexibility index (Phi) is 36.7. The number of rotatable bonds is 42. The maximum absolute atomic E-state index is 17.1. The van der Waals surface area contributed by atoms with E-state index in [0.29, 0.717) is 36.4 Å². The highest BCUT2D eigenvalue weighted by atomic mass is 32.2. The first kappa shape index (κ1) is 109. The summed E-state index contributed by atoms with van der Waals surface area (Å²) >= 11 is 3.16. The van der Waals surface area contributed by atoms with E-state index in [1.807, 2.05) is 18.2 Å². The predicted molar refractivity (Wildman–Crippen MR) is 519 cm³/mol. The molecule has 3 aliphatic heterocycles. The van der Waals surface area contributed by atoms with Gasteiger partial charge in [-0.3, -0.25) is 13.6 Å². The first-order valence-electron chi connectivity index (χ1n) is 45.5. The fraction of sp³-hybridized carbons (Fsp3) is 0.257. The van der Waals surface area contributed by atoms with Gasteiger partial charge in [0.2, 0.25) is 0 Å². The molecule has 6 heterocycles. The molecule has 0 amide bonds. The fourth-order valence-electron chi connectivity index (χ4n) is 16.2. The minimum Gasteiger partial charge on any atom is -0.447 e. The number of carbonyl (C=O) groups excluding carboxylic acids is 3. The van der Waals surface area contributed by atoms with Crippen LogP contribution in [-0.4, -0.2) is 152 Å². The third-order valence-corrected chi connectivity index (χ3v) is 29.5. The van der Waals surface area contributed by atoms with Crippen molar-refractivity contribution in [3.8, 4) is 18.2 Å². The average molecular weight is 2130 g/mol. The summed E-state index contributed by atoms with van der Waals surface area (Å²) in [6, 6.07) is 32.2. The van der Waals surface area contributed by atoms with Gasteiger partial charge in [-0.25, -0.2) is 101 Å². The number of ether oxygens (including phenoxy) is 9. The van der Waals surface area contributed by atoms with E-state index in [4.69, 9.17) is 56.2 Å². The highest BCUT2D eigenvalue weighted by Gasteiger charge is 2.52. The molecule has 0 unspecified atom stereocenters. The number of phosphoric acid groups is 1. The number of aromatic nitrogens is 9. The largest absolute Gasteiger partial charge is 0.475 e. The van der Waals surface area contributed by atoms with E-state index in [-0.39, 0.29) is 73.0 Å². The summed E-state index contributed by atoms with van der Waals surface area (Å²) < 4.78 is 285. The molecule has 149 heavy (non-hydrogen) atoms. The molecule has 0 spiro atoms. The highest BCUT2D eigenvalue weighted by Crippen LogP contribution is 2.54. The van der Waals surface area contributed by atoms with Gasteiger partial charge in [-0.15, -0.1) is 35.3 Å². The molecule has 3 aliphatic rings. The Hall–Kier alpha value is -14.2. The lowest BCUT2D eigenvalue weighted by atomic mass is 9.89. The summed E-state index contributed by atoms with van der Waals surface area (Å²) in [5.74, 6) is -16.6. The Morgan fingerprint density at radius 3 is 0.879 bits per heavy atom. The predicted octanol–water partition coefficient (Wildman–Crippen LogP) is 20.5. The minimum absolute atomic E-state index is 0.0739. The van der Waals surface area contributed by atoms with Gasteiger partial charge in [0.15, 0.2) is 35.7 Å². The molecule has 770 valence electrons. The molecule has 28 nitrogen and oxygen atoms in total. The number of thioether (sulfide) groups is 3. The molecule has 3 fully saturated rings. The number of phosphoric ester groups is 1. The standard InChI is InChI=1S/C105H87F12N12O16PS3/c1-64(147-82-49-134-97(135-50-82)13-7-4-10-70-19-16-67(43-118)34-91(70)112)103(55-127-61-121-58-124-127,88-31-28-79(109)40-94(88)115)143-100(130)85-37-76(106)25-22-73(85)46-140-146(133,141-47-74-23-26-77(107)38-86(74)101(131)144-104(56-128-62-122-59-125-128,89-32-29-80(110)41-95(89)116)65(2)148-83-51-136-98(137-52-83)14-8-5-11-71-20-17-68(44-119)35-92(71)113)142-48-75-24-27-78(108)39-87(75)102(132)145-105(57-129-63-123-60-126-129,90-33-30-81(111)42-96(90)117)66(3)149-84-53-138-99(139-54-84)15-9-6-12-72-21-18-69(45-120)36-93(72)114/h4-42,58-66,82-84,97-99H,46-57H2,1-3H3/b10-4+,11-5+,12-6+,13-7+,14-8+,15-9+/t64-,65-,66-,82?,83?,84?,97?,98?,99?,103-,104-,105-,146?/m1/s1. The molecule has 15 rings (SSSR count). The SMILES string of the molecule is C[C@@H](SC1COC(/C=C/C=C/c2ccc(C#N)cc2F)OC1)[C@@](Cn1cncn1)(OC(=O)c1cc(F)ccc1COP(=O)(OCc1ccc(F)cc1C(=O)O[C@@](Cn1cncn1)(c1ccc(F)cc1F)[C@@H](C)SC1COC(/C=C/C=C/c2ccc(C#N)cc2F)OC1)OCc1ccc(F)cc1C(=O)O[C@@](Cn1cncn1)(c1ccc(F)cc1F)[C@@H](C)SC1COC(/C=C/C=C/c2ccc(C#N)cc2F)OC1)c1ccc(F)cc1F. The monoisotopic (exact) mass is 2130 g/mol. The van der Waals surface area contributed by atoms with Crippen LogP contribution in [0.25, 0.3) is 18.2 Å². The van der Waals surface area contributed by atoms with Crippen LogP contribution >= 0.6 is 43.1 Å².